The molecule has 2 atom stereocenters. The normalized spacial score (nSPS) is 23.0. The van der Waals surface area contributed by atoms with Crippen LogP contribution in [0.4, 0.5) is 0 Å². The number of rotatable bonds is 6. The number of methoxy groups -OCH3 is 1. The smallest absolute Gasteiger partial charge is 0.194 e. The minimum atomic E-state index is 0. The first-order valence-corrected chi connectivity index (χ1v) is 9.70. The van der Waals surface area contributed by atoms with Crippen LogP contribution in [0, 0.1) is 0 Å². The van der Waals surface area contributed by atoms with Gasteiger partial charge < -0.3 is 24.4 Å². The second-order valence-electron chi connectivity index (χ2n) is 6.70. The van der Waals surface area contributed by atoms with Crippen molar-refractivity contribution in [2.24, 2.45) is 4.99 Å². The lowest BCUT2D eigenvalue weighted by molar-refractivity contribution is -0.0817. The fraction of sp³-hybridized carbons (Fsp3) is 0.650. The molecule has 6 nitrogen and oxygen atoms in total. The number of nitrogens with one attached hydrogen (secondary N) is 1. The molecule has 2 aliphatic rings. The lowest BCUT2D eigenvalue weighted by atomic mass is 10.1. The van der Waals surface area contributed by atoms with Crippen LogP contribution in [0.15, 0.2) is 29.3 Å². The molecule has 0 amide bonds. The van der Waals surface area contributed by atoms with Crippen LogP contribution in [0.2, 0.25) is 0 Å². The Bertz CT molecular complexity index is 594. The molecule has 152 valence electrons. The highest BCUT2D eigenvalue weighted by atomic mass is 127. The van der Waals surface area contributed by atoms with Gasteiger partial charge in [-0.2, -0.15) is 0 Å². The van der Waals surface area contributed by atoms with Gasteiger partial charge in [0.2, 0.25) is 0 Å². The Morgan fingerprint density at radius 1 is 1.26 bits per heavy atom. The third-order valence-corrected chi connectivity index (χ3v) is 4.94. The van der Waals surface area contributed by atoms with Crippen molar-refractivity contribution in [2.45, 2.75) is 38.4 Å². The van der Waals surface area contributed by atoms with Crippen LogP contribution in [0.25, 0.3) is 0 Å². The van der Waals surface area contributed by atoms with Crippen molar-refractivity contribution < 1.29 is 14.2 Å². The summed E-state index contributed by atoms with van der Waals surface area (Å²) in [6.07, 6.45) is 3.47. The van der Waals surface area contributed by atoms with Gasteiger partial charge in [-0.3, -0.25) is 4.99 Å². The molecule has 27 heavy (non-hydrogen) atoms. The molecule has 1 aromatic rings. The van der Waals surface area contributed by atoms with Crippen LogP contribution in [0.5, 0.6) is 5.75 Å². The van der Waals surface area contributed by atoms with E-state index in [9.17, 15) is 0 Å². The van der Waals surface area contributed by atoms with Crippen LogP contribution >= 0.6 is 24.0 Å². The van der Waals surface area contributed by atoms with Gasteiger partial charge >= 0.3 is 0 Å². The van der Waals surface area contributed by atoms with E-state index in [2.05, 4.69) is 23.2 Å². The molecule has 1 N–H and O–H groups in total. The van der Waals surface area contributed by atoms with E-state index in [1.807, 2.05) is 18.2 Å². The molecule has 2 unspecified atom stereocenters. The van der Waals surface area contributed by atoms with E-state index >= 15 is 0 Å². The largest absolute Gasteiger partial charge is 0.496 e. The van der Waals surface area contributed by atoms with Gasteiger partial charge in [0, 0.05) is 32.8 Å². The van der Waals surface area contributed by atoms with Crippen molar-refractivity contribution in [1.82, 2.24) is 10.2 Å². The van der Waals surface area contributed by atoms with E-state index in [1.54, 1.807) is 7.11 Å². The van der Waals surface area contributed by atoms with Crippen LogP contribution in [-0.4, -0.2) is 69.6 Å². The molecule has 1 aromatic carbocycles. The lowest BCUT2D eigenvalue weighted by Gasteiger charge is -2.37. The summed E-state index contributed by atoms with van der Waals surface area (Å²) in [5.74, 6) is 1.89. The number of benzene rings is 1. The zero-order valence-electron chi connectivity index (χ0n) is 16.4. The highest BCUT2D eigenvalue weighted by molar-refractivity contribution is 14.0. The minimum Gasteiger partial charge on any atom is -0.496 e. The molecule has 2 fully saturated rings. The van der Waals surface area contributed by atoms with E-state index < -0.39 is 0 Å². The molecule has 0 spiro atoms. The van der Waals surface area contributed by atoms with Crippen molar-refractivity contribution in [1.29, 1.82) is 0 Å². The summed E-state index contributed by atoms with van der Waals surface area (Å²) in [4.78, 5) is 7.16. The summed E-state index contributed by atoms with van der Waals surface area (Å²) in [5.41, 5.74) is 1.19. The number of para-hydroxylation sites is 1. The summed E-state index contributed by atoms with van der Waals surface area (Å²) in [6.45, 7) is 6.97. The molecule has 0 bridgehead atoms. The highest BCUT2D eigenvalue weighted by Gasteiger charge is 2.32. The Kier molecular flexibility index (Phi) is 9.64. The average molecular weight is 489 g/mol. The predicted octanol–water partition coefficient (Wildman–Crippen LogP) is 2.70. The Balaban J connectivity index is 0.00000261. The molecule has 2 aliphatic heterocycles. The van der Waals surface area contributed by atoms with E-state index in [0.717, 1.165) is 70.4 Å². The number of nitrogens with zero attached hydrogens (tertiary/aromatic N) is 2. The number of aliphatic imine (C=N–C) groups is 1. The van der Waals surface area contributed by atoms with E-state index in [0.29, 0.717) is 0 Å². The molecule has 2 saturated heterocycles. The van der Waals surface area contributed by atoms with Crippen molar-refractivity contribution >= 4 is 29.9 Å². The minimum absolute atomic E-state index is 0. The fourth-order valence-electron chi connectivity index (χ4n) is 3.61. The van der Waals surface area contributed by atoms with Crippen LogP contribution < -0.4 is 10.1 Å². The maximum Gasteiger partial charge on any atom is 0.194 e. The van der Waals surface area contributed by atoms with Crippen LogP contribution in [0.1, 0.15) is 25.3 Å². The molecule has 2 heterocycles. The highest BCUT2D eigenvalue weighted by Crippen LogP contribution is 2.21. The Hall–Kier alpha value is -1.06. The summed E-state index contributed by atoms with van der Waals surface area (Å²) >= 11 is 0. The zero-order valence-corrected chi connectivity index (χ0v) is 18.7. The van der Waals surface area contributed by atoms with Crippen LogP contribution in [-0.2, 0) is 15.9 Å². The number of hydrogen-bond acceptors (Lipinski definition) is 4. The molecule has 7 heteroatoms. The van der Waals surface area contributed by atoms with Gasteiger partial charge in [-0.15, -0.1) is 24.0 Å². The quantitative estimate of drug-likeness (QED) is 0.379. The van der Waals surface area contributed by atoms with Crippen molar-refractivity contribution in [3.8, 4) is 5.75 Å². The van der Waals surface area contributed by atoms with Crippen molar-refractivity contribution in [3.05, 3.63) is 29.8 Å². The second-order valence-corrected chi connectivity index (χ2v) is 6.70. The number of guanidine groups is 1. The van der Waals surface area contributed by atoms with Gasteiger partial charge in [0.15, 0.2) is 5.96 Å². The first-order chi connectivity index (χ1) is 12.8. The molecule has 0 aromatic heterocycles. The maximum atomic E-state index is 5.96. The van der Waals surface area contributed by atoms with E-state index in [4.69, 9.17) is 19.2 Å². The molecular weight excluding hydrogens is 457 g/mol. The Morgan fingerprint density at radius 2 is 2.07 bits per heavy atom. The van der Waals surface area contributed by atoms with Gasteiger partial charge in [0.25, 0.3) is 0 Å². The van der Waals surface area contributed by atoms with Gasteiger partial charge in [0.1, 0.15) is 11.9 Å². The third-order valence-electron chi connectivity index (χ3n) is 4.94. The monoisotopic (exact) mass is 489 g/mol. The molecule has 0 radical (unpaired) electrons. The molecule has 3 rings (SSSR count). The molecule has 0 saturated carbocycles. The SMILES string of the molecule is CCNC(=NCCc1ccccc1OC)N1CCOC(C2CCCO2)C1.I. The number of halogens is 1. The van der Waals surface area contributed by atoms with Gasteiger partial charge in [-0.1, -0.05) is 18.2 Å². The number of ether oxygens (including phenoxy) is 3. The first kappa shape index (κ1) is 22.2. The Labute approximate surface area is 179 Å². The summed E-state index contributed by atoms with van der Waals surface area (Å²) < 4.78 is 17.2. The fourth-order valence-corrected chi connectivity index (χ4v) is 3.61. The molecule has 0 aliphatic carbocycles. The summed E-state index contributed by atoms with van der Waals surface area (Å²) in [7, 11) is 1.71. The lowest BCUT2D eigenvalue weighted by Crippen LogP contribution is -2.53. The van der Waals surface area contributed by atoms with Gasteiger partial charge in [-0.25, -0.2) is 0 Å². The van der Waals surface area contributed by atoms with Crippen molar-refractivity contribution in [3.63, 3.8) is 0 Å². The standard InChI is InChI=1S/C20H31N3O3.HI/c1-3-21-20(22-11-10-16-7-4-5-8-17(16)24-2)23-12-14-26-19(15-23)18-9-6-13-25-18;/h4-5,7-8,18-19H,3,6,9-15H2,1-2H3,(H,21,22);1H. The third kappa shape index (κ3) is 6.22. The van der Waals surface area contributed by atoms with E-state index in [-0.39, 0.29) is 36.2 Å². The summed E-state index contributed by atoms with van der Waals surface area (Å²) in [6, 6.07) is 8.14. The van der Waals surface area contributed by atoms with E-state index in [1.165, 1.54) is 5.56 Å². The Morgan fingerprint density at radius 3 is 2.81 bits per heavy atom. The number of hydrogen-bond donors (Lipinski definition) is 1. The molecular formula is C20H32IN3O3. The average Bonchev–Trinajstić information content (AvgIpc) is 3.23. The van der Waals surface area contributed by atoms with Crippen LogP contribution in [0.3, 0.4) is 0 Å². The zero-order chi connectivity index (χ0) is 18.2. The van der Waals surface area contributed by atoms with Crippen molar-refractivity contribution in [2.75, 3.05) is 46.5 Å². The maximum absolute atomic E-state index is 5.96. The van der Waals surface area contributed by atoms with Gasteiger partial charge in [-0.05, 0) is 37.8 Å². The number of morpholine rings is 1. The predicted molar refractivity (Wildman–Crippen MR) is 118 cm³/mol. The van der Waals surface area contributed by atoms with Gasteiger partial charge in [0.05, 0.1) is 19.8 Å². The summed E-state index contributed by atoms with van der Waals surface area (Å²) in [5, 5.41) is 3.43. The first-order valence-electron chi connectivity index (χ1n) is 9.70. The second kappa shape index (κ2) is 11.7. The topological polar surface area (TPSA) is 55.3 Å².